The fraction of sp³-hybridized carbons (Fsp3) is 0.375. The van der Waals surface area contributed by atoms with Gasteiger partial charge in [0.25, 0.3) is 0 Å². The van der Waals surface area contributed by atoms with Gasteiger partial charge in [-0.3, -0.25) is 0 Å². The van der Waals surface area contributed by atoms with E-state index in [0.717, 1.165) is 0 Å². The van der Waals surface area contributed by atoms with Gasteiger partial charge in [-0.05, 0) is 28.8 Å². The van der Waals surface area contributed by atoms with Crippen LogP contribution in [0.3, 0.4) is 0 Å². The highest BCUT2D eigenvalue weighted by molar-refractivity contribution is 5.85. The van der Waals surface area contributed by atoms with E-state index in [1.165, 1.54) is 16.5 Å². The summed E-state index contributed by atoms with van der Waals surface area (Å²) < 4.78 is 0. The fourth-order valence-electron chi connectivity index (χ4n) is 2.47. The number of rotatable bonds is 4. The van der Waals surface area contributed by atoms with Gasteiger partial charge in [-0.1, -0.05) is 44.2 Å². The molecule has 0 bridgehead atoms. The summed E-state index contributed by atoms with van der Waals surface area (Å²) in [5, 5.41) is 2.56. The van der Waals surface area contributed by atoms with Crippen LogP contribution >= 0.6 is 0 Å². The zero-order chi connectivity index (χ0) is 13.1. The highest BCUT2D eigenvalue weighted by Gasteiger charge is 2.17. The molecule has 0 amide bonds. The molecule has 96 valence electrons. The third-order valence-corrected chi connectivity index (χ3v) is 3.65. The average molecular weight is 242 g/mol. The summed E-state index contributed by atoms with van der Waals surface area (Å²) in [5.74, 6) is 0.548. The molecule has 0 heterocycles. The Bertz CT molecular complexity index is 519. The average Bonchev–Trinajstić information content (AvgIpc) is 2.38. The van der Waals surface area contributed by atoms with Gasteiger partial charge in [0.05, 0.1) is 0 Å². The maximum atomic E-state index is 5.88. The fourth-order valence-corrected chi connectivity index (χ4v) is 2.47. The predicted molar refractivity (Wildman–Crippen MR) is 80.0 cm³/mol. The van der Waals surface area contributed by atoms with Gasteiger partial charge >= 0.3 is 0 Å². The lowest BCUT2D eigenvalue weighted by molar-refractivity contribution is 0.480. The second-order valence-electron chi connectivity index (χ2n) is 5.19. The maximum Gasteiger partial charge on any atom is 0.0431 e. The Morgan fingerprint density at radius 2 is 1.72 bits per heavy atom. The standard InChI is InChI=1S/C16H22N2/c1-12(2)16(11-17)18(3)15-9-8-13-6-4-5-7-14(13)10-15/h4-10,12,16H,11,17H2,1-3H3. The lowest BCUT2D eigenvalue weighted by Crippen LogP contribution is -2.41. The van der Waals surface area contributed by atoms with Crippen molar-refractivity contribution in [2.24, 2.45) is 11.7 Å². The van der Waals surface area contributed by atoms with Crippen LogP contribution in [0.15, 0.2) is 42.5 Å². The SMILES string of the molecule is CC(C)C(CN)N(C)c1ccc2ccccc2c1. The lowest BCUT2D eigenvalue weighted by Gasteiger charge is -2.32. The number of fused-ring (bicyclic) bond motifs is 1. The Morgan fingerprint density at radius 3 is 2.33 bits per heavy atom. The molecule has 1 unspecified atom stereocenters. The second kappa shape index (κ2) is 5.40. The van der Waals surface area contributed by atoms with Crippen LogP contribution < -0.4 is 10.6 Å². The van der Waals surface area contributed by atoms with E-state index in [2.05, 4.69) is 68.3 Å². The van der Waals surface area contributed by atoms with Crippen molar-refractivity contribution in [2.75, 3.05) is 18.5 Å². The van der Waals surface area contributed by atoms with E-state index in [0.29, 0.717) is 18.5 Å². The van der Waals surface area contributed by atoms with Crippen LogP contribution in [0.4, 0.5) is 5.69 Å². The minimum atomic E-state index is 0.381. The Hall–Kier alpha value is -1.54. The molecular weight excluding hydrogens is 220 g/mol. The van der Waals surface area contributed by atoms with Crippen LogP contribution in [0.1, 0.15) is 13.8 Å². The van der Waals surface area contributed by atoms with E-state index >= 15 is 0 Å². The number of likely N-dealkylation sites (N-methyl/N-ethyl adjacent to an activating group) is 1. The van der Waals surface area contributed by atoms with E-state index in [-0.39, 0.29) is 0 Å². The molecule has 0 fully saturated rings. The van der Waals surface area contributed by atoms with Crippen molar-refractivity contribution < 1.29 is 0 Å². The third-order valence-electron chi connectivity index (χ3n) is 3.65. The zero-order valence-corrected chi connectivity index (χ0v) is 11.4. The molecule has 2 rings (SSSR count). The summed E-state index contributed by atoms with van der Waals surface area (Å²) in [5.41, 5.74) is 7.12. The van der Waals surface area contributed by atoms with Gasteiger partial charge in [0, 0.05) is 25.3 Å². The van der Waals surface area contributed by atoms with Crippen LogP contribution in [0, 0.1) is 5.92 Å². The normalized spacial score (nSPS) is 12.9. The van der Waals surface area contributed by atoms with Gasteiger partial charge < -0.3 is 10.6 Å². The van der Waals surface area contributed by atoms with Crippen LogP contribution in [0.2, 0.25) is 0 Å². The molecule has 0 aliphatic heterocycles. The molecule has 1 atom stereocenters. The molecule has 18 heavy (non-hydrogen) atoms. The molecule has 2 aromatic carbocycles. The van der Waals surface area contributed by atoms with Crippen LogP contribution in [-0.4, -0.2) is 19.6 Å². The van der Waals surface area contributed by atoms with Crippen molar-refractivity contribution in [2.45, 2.75) is 19.9 Å². The molecule has 2 heteroatoms. The molecule has 2 nitrogen and oxygen atoms in total. The van der Waals surface area contributed by atoms with Gasteiger partial charge in [-0.25, -0.2) is 0 Å². The van der Waals surface area contributed by atoms with Gasteiger partial charge in [0.2, 0.25) is 0 Å². The molecule has 0 aliphatic carbocycles. The van der Waals surface area contributed by atoms with Gasteiger partial charge in [-0.2, -0.15) is 0 Å². The van der Waals surface area contributed by atoms with Crippen LogP contribution in [0.5, 0.6) is 0 Å². The Morgan fingerprint density at radius 1 is 1.06 bits per heavy atom. The first-order valence-corrected chi connectivity index (χ1v) is 6.55. The lowest BCUT2D eigenvalue weighted by atomic mass is 10.0. The van der Waals surface area contributed by atoms with Gasteiger partial charge in [0.15, 0.2) is 0 Å². The maximum absolute atomic E-state index is 5.88. The summed E-state index contributed by atoms with van der Waals surface area (Å²) in [6.45, 7) is 5.12. The molecule has 0 saturated carbocycles. The smallest absolute Gasteiger partial charge is 0.0431 e. The van der Waals surface area contributed by atoms with Gasteiger partial charge in [-0.15, -0.1) is 0 Å². The number of anilines is 1. The number of hydrogen-bond acceptors (Lipinski definition) is 2. The Balaban J connectivity index is 2.35. The molecule has 0 radical (unpaired) electrons. The first-order chi connectivity index (χ1) is 8.63. The van der Waals surface area contributed by atoms with E-state index in [1.54, 1.807) is 0 Å². The van der Waals surface area contributed by atoms with E-state index in [1.807, 2.05) is 0 Å². The van der Waals surface area contributed by atoms with E-state index < -0.39 is 0 Å². The topological polar surface area (TPSA) is 29.3 Å². The summed E-state index contributed by atoms with van der Waals surface area (Å²) in [4.78, 5) is 2.29. The number of hydrogen-bond donors (Lipinski definition) is 1. The monoisotopic (exact) mass is 242 g/mol. The van der Waals surface area contributed by atoms with Crippen molar-refractivity contribution in [1.82, 2.24) is 0 Å². The third kappa shape index (κ3) is 2.49. The van der Waals surface area contributed by atoms with Crippen LogP contribution in [-0.2, 0) is 0 Å². The highest BCUT2D eigenvalue weighted by atomic mass is 15.1. The van der Waals surface area contributed by atoms with Gasteiger partial charge in [0.1, 0.15) is 0 Å². The molecule has 0 spiro atoms. The largest absolute Gasteiger partial charge is 0.370 e. The summed E-state index contributed by atoms with van der Waals surface area (Å²) in [6, 6.07) is 15.4. The molecule has 0 aliphatic rings. The van der Waals surface area contributed by atoms with Crippen molar-refractivity contribution >= 4 is 16.5 Å². The van der Waals surface area contributed by atoms with Crippen molar-refractivity contribution in [3.8, 4) is 0 Å². The van der Waals surface area contributed by atoms with E-state index in [4.69, 9.17) is 5.73 Å². The molecular formula is C16H22N2. The Kier molecular flexibility index (Phi) is 3.87. The minimum Gasteiger partial charge on any atom is -0.370 e. The quantitative estimate of drug-likeness (QED) is 0.891. The number of benzene rings is 2. The Labute approximate surface area is 109 Å². The number of nitrogens with zero attached hydrogens (tertiary/aromatic N) is 1. The van der Waals surface area contributed by atoms with Crippen LogP contribution in [0.25, 0.3) is 10.8 Å². The van der Waals surface area contributed by atoms with Crippen molar-refractivity contribution in [1.29, 1.82) is 0 Å². The molecule has 0 saturated heterocycles. The molecule has 2 aromatic rings. The summed E-state index contributed by atoms with van der Waals surface area (Å²) in [6.07, 6.45) is 0. The highest BCUT2D eigenvalue weighted by Crippen LogP contribution is 2.24. The first-order valence-electron chi connectivity index (χ1n) is 6.55. The minimum absolute atomic E-state index is 0.381. The predicted octanol–water partition coefficient (Wildman–Crippen LogP) is 3.26. The van der Waals surface area contributed by atoms with E-state index in [9.17, 15) is 0 Å². The first kappa shape index (κ1) is 12.9. The van der Waals surface area contributed by atoms with Crippen molar-refractivity contribution in [3.05, 3.63) is 42.5 Å². The summed E-state index contributed by atoms with van der Waals surface area (Å²) >= 11 is 0. The number of nitrogens with two attached hydrogens (primary N) is 1. The zero-order valence-electron chi connectivity index (χ0n) is 11.4. The second-order valence-corrected chi connectivity index (χ2v) is 5.19. The molecule has 2 N–H and O–H groups in total. The summed E-state index contributed by atoms with van der Waals surface area (Å²) in [7, 11) is 2.13. The van der Waals surface area contributed by atoms with Crippen molar-refractivity contribution in [3.63, 3.8) is 0 Å². The molecule has 0 aromatic heterocycles.